The fourth-order valence-corrected chi connectivity index (χ4v) is 6.30. The van der Waals surface area contributed by atoms with Crippen molar-refractivity contribution in [3.63, 3.8) is 0 Å². The fourth-order valence-electron chi connectivity index (χ4n) is 2.33. The number of nitrogens with zero attached hydrogens (tertiary/aromatic N) is 2. The molecule has 0 radical (unpaired) electrons. The molecule has 0 aliphatic carbocycles. The van der Waals surface area contributed by atoms with Crippen LogP contribution in [0.2, 0.25) is 0 Å². The summed E-state index contributed by atoms with van der Waals surface area (Å²) in [6.45, 7) is -0.0280. The van der Waals surface area contributed by atoms with Gasteiger partial charge in [-0.3, -0.25) is 0 Å². The smallest absolute Gasteiger partial charge is 0.210 e. The number of rotatable bonds is 6. The minimum absolute atomic E-state index is 0.0465. The number of imidazole rings is 1. The molecule has 0 spiro atoms. The van der Waals surface area contributed by atoms with Crippen molar-refractivity contribution in [2.45, 2.75) is 58.0 Å². The van der Waals surface area contributed by atoms with Crippen LogP contribution >= 0.6 is 0 Å². The van der Waals surface area contributed by atoms with Gasteiger partial charge < -0.3 is 0 Å². The van der Waals surface area contributed by atoms with E-state index in [1.165, 1.54) is 6.92 Å². The minimum Gasteiger partial charge on any atom is -0.210 e. The highest BCUT2D eigenvalue weighted by Gasteiger charge is 2.65. The summed E-state index contributed by atoms with van der Waals surface area (Å²) in [7, 11) is -21.0. The Hall–Kier alpha value is -1.57. The van der Waals surface area contributed by atoms with Crippen LogP contribution in [0.3, 0.4) is 0 Å². The summed E-state index contributed by atoms with van der Waals surface area (Å²) in [6.07, 6.45) is -0.638. The molecule has 0 unspecified atom stereocenters. The Morgan fingerprint density at radius 2 is 1.13 bits per heavy atom. The highest BCUT2D eigenvalue weighted by atomic mass is 32.2. The average molecular weight is 535 g/mol. The second-order valence-corrected chi connectivity index (χ2v) is 11.4. The summed E-state index contributed by atoms with van der Waals surface area (Å²) >= 11 is 0. The van der Waals surface area contributed by atoms with Crippen molar-refractivity contribution in [3.05, 3.63) is 0 Å². The lowest BCUT2D eigenvalue weighted by Gasteiger charge is -2.10. The van der Waals surface area contributed by atoms with Gasteiger partial charge in [0.15, 0.2) is 0 Å². The molecule has 1 rings (SSSR count). The molecule has 0 aliphatic heterocycles. The molecule has 1 aromatic heterocycles. The second-order valence-electron chi connectivity index (χ2n) is 5.80. The van der Waals surface area contributed by atoms with E-state index in [-0.39, 0.29) is 13.5 Å². The third-order valence-corrected chi connectivity index (χ3v) is 8.48. The molecule has 182 valence electrons. The molecule has 0 amide bonds. The standard InChI is InChI=1S/C11H12F9N2O6S3/c1-3-4-5-22-7(30(25,26)10(15,16)17)6(29(23,24)9(12,13)14)21(2)8(22)31(27,28)11(18,19)20/h3-5H2,1-2H3/q+1. The van der Waals surface area contributed by atoms with Crippen LogP contribution in [0.25, 0.3) is 0 Å². The first-order valence-electron chi connectivity index (χ1n) is 7.54. The van der Waals surface area contributed by atoms with Gasteiger partial charge in [0.25, 0.3) is 10.1 Å². The van der Waals surface area contributed by atoms with Gasteiger partial charge in [-0.2, -0.15) is 39.5 Å². The zero-order valence-electron chi connectivity index (χ0n) is 15.1. The molecule has 0 saturated heterocycles. The zero-order chi connectivity index (χ0) is 25.0. The third kappa shape index (κ3) is 4.37. The largest absolute Gasteiger partial charge is 0.509 e. The molecule has 20 heteroatoms. The molecule has 31 heavy (non-hydrogen) atoms. The number of hydrogen-bond donors (Lipinski definition) is 0. The van der Waals surface area contributed by atoms with Crippen LogP contribution in [0.4, 0.5) is 39.5 Å². The molecule has 0 fully saturated rings. The maximum absolute atomic E-state index is 13.1. The SMILES string of the molecule is CCCCn1c(S(=O)(=O)C(F)(F)F)c(S(=O)(=O)C(F)(F)F)[n+](C)c1S(=O)(=O)C(F)(F)F. The molecule has 0 aliphatic rings. The number of sulfone groups is 3. The summed E-state index contributed by atoms with van der Waals surface area (Å²) < 4.78 is 187. The van der Waals surface area contributed by atoms with E-state index in [0.29, 0.717) is 0 Å². The fraction of sp³-hybridized carbons (Fsp3) is 0.727. The van der Waals surface area contributed by atoms with Crippen molar-refractivity contribution < 1.29 is 69.3 Å². The second kappa shape index (κ2) is 7.78. The molecule has 0 N–H and O–H groups in total. The molecule has 0 bridgehead atoms. The predicted octanol–water partition coefficient (Wildman–Crippen LogP) is 1.99. The minimum atomic E-state index is -7.09. The van der Waals surface area contributed by atoms with Gasteiger partial charge in [-0.25, -0.2) is 34.4 Å². The maximum atomic E-state index is 13.1. The zero-order valence-corrected chi connectivity index (χ0v) is 17.5. The Bertz CT molecular complexity index is 1170. The molecule has 1 aromatic rings. The van der Waals surface area contributed by atoms with Crippen LogP contribution in [0.1, 0.15) is 19.8 Å². The van der Waals surface area contributed by atoms with Crippen molar-refractivity contribution in [1.82, 2.24) is 4.57 Å². The number of hydrogen-bond acceptors (Lipinski definition) is 6. The van der Waals surface area contributed by atoms with Gasteiger partial charge in [0, 0.05) is 0 Å². The number of unbranched alkanes of at least 4 members (excludes halogenated alkanes) is 1. The van der Waals surface area contributed by atoms with Crippen LogP contribution < -0.4 is 4.57 Å². The van der Waals surface area contributed by atoms with Crippen LogP contribution in [-0.4, -0.2) is 46.3 Å². The number of aromatic nitrogens is 2. The van der Waals surface area contributed by atoms with E-state index in [0.717, 1.165) is 0 Å². The Morgan fingerprint density at radius 1 is 0.742 bits per heavy atom. The van der Waals surface area contributed by atoms with Crippen molar-refractivity contribution in [3.8, 4) is 0 Å². The van der Waals surface area contributed by atoms with Gasteiger partial charge in [-0.05, 0) is 6.42 Å². The van der Waals surface area contributed by atoms with Crippen molar-refractivity contribution in [1.29, 1.82) is 0 Å². The summed E-state index contributed by atoms with van der Waals surface area (Å²) in [4.78, 5) is 0. The first kappa shape index (κ1) is 27.5. The molecule has 1 heterocycles. The van der Waals surface area contributed by atoms with Gasteiger partial charge in [0.1, 0.15) is 0 Å². The van der Waals surface area contributed by atoms with Crippen LogP contribution in [0.15, 0.2) is 15.2 Å². The van der Waals surface area contributed by atoms with E-state index < -0.39 is 83.3 Å². The Labute approximate surface area is 169 Å². The first-order valence-corrected chi connectivity index (χ1v) is 12.0. The highest BCUT2D eigenvalue weighted by Crippen LogP contribution is 2.40. The van der Waals surface area contributed by atoms with Crippen molar-refractivity contribution in [2.24, 2.45) is 7.05 Å². The maximum Gasteiger partial charge on any atom is 0.509 e. The number of halogens is 9. The van der Waals surface area contributed by atoms with Crippen LogP contribution in [0, 0.1) is 0 Å². The Kier molecular flexibility index (Phi) is 6.89. The van der Waals surface area contributed by atoms with E-state index in [9.17, 15) is 64.8 Å². The van der Waals surface area contributed by atoms with Gasteiger partial charge >= 0.3 is 51.2 Å². The van der Waals surface area contributed by atoms with Gasteiger partial charge in [-0.15, -0.1) is 0 Å². The van der Waals surface area contributed by atoms with Gasteiger partial charge in [0.05, 0.1) is 13.6 Å². The monoisotopic (exact) mass is 535 g/mol. The molecule has 8 nitrogen and oxygen atoms in total. The normalized spacial score (nSPS) is 14.8. The van der Waals surface area contributed by atoms with E-state index in [2.05, 4.69) is 0 Å². The Balaban J connectivity index is 4.52. The molecular formula is C11H12F9N2O6S3+. The lowest BCUT2D eigenvalue weighted by atomic mass is 10.3. The van der Waals surface area contributed by atoms with Gasteiger partial charge in [-0.1, -0.05) is 13.3 Å². The molecule has 0 aromatic carbocycles. The van der Waals surface area contributed by atoms with E-state index in [1.54, 1.807) is 0 Å². The summed E-state index contributed by atoms with van der Waals surface area (Å²) in [5.41, 5.74) is -19.3. The lowest BCUT2D eigenvalue weighted by Crippen LogP contribution is -2.45. The average Bonchev–Trinajstić information content (AvgIpc) is 2.83. The van der Waals surface area contributed by atoms with E-state index in [4.69, 9.17) is 0 Å². The third-order valence-electron chi connectivity index (χ3n) is 3.65. The summed E-state index contributed by atoms with van der Waals surface area (Å²) in [6, 6.07) is 0. The Morgan fingerprint density at radius 3 is 1.45 bits per heavy atom. The van der Waals surface area contributed by atoms with Crippen molar-refractivity contribution >= 4 is 29.5 Å². The van der Waals surface area contributed by atoms with Crippen LogP contribution in [-0.2, 0) is 43.1 Å². The molecule has 0 atom stereocenters. The highest BCUT2D eigenvalue weighted by molar-refractivity contribution is 7.95. The van der Waals surface area contributed by atoms with Crippen molar-refractivity contribution in [2.75, 3.05) is 0 Å². The summed E-state index contributed by atoms with van der Waals surface area (Å²) in [5.74, 6) is 0. The summed E-state index contributed by atoms with van der Waals surface area (Å²) in [5, 5.41) is -8.05. The van der Waals surface area contributed by atoms with Crippen LogP contribution in [0.5, 0.6) is 0 Å². The molecular weight excluding hydrogens is 523 g/mol. The quantitative estimate of drug-likeness (QED) is 0.407. The molecule has 0 saturated carbocycles. The lowest BCUT2D eigenvalue weighted by molar-refractivity contribution is -0.747. The van der Waals surface area contributed by atoms with E-state index >= 15 is 0 Å². The topological polar surface area (TPSA) is 111 Å². The number of alkyl halides is 9. The van der Waals surface area contributed by atoms with E-state index in [1.807, 2.05) is 0 Å². The van der Waals surface area contributed by atoms with Gasteiger partial charge in [0.2, 0.25) is 0 Å². The first-order chi connectivity index (χ1) is 13.5. The predicted molar refractivity (Wildman–Crippen MR) is 80.2 cm³/mol.